The first-order valence-electron chi connectivity index (χ1n) is 16.9. The molecule has 0 aliphatic carbocycles. The number of benzene rings is 9. The van der Waals surface area contributed by atoms with Gasteiger partial charge in [-0.05, 0) is 90.5 Å². The molecule has 0 bridgehead atoms. The zero-order chi connectivity index (χ0) is 32.6. The highest BCUT2D eigenvalue weighted by atomic mass is 15.1. The minimum atomic E-state index is 1.11. The van der Waals surface area contributed by atoms with Crippen LogP contribution in [0.5, 0.6) is 0 Å². The summed E-state index contributed by atoms with van der Waals surface area (Å²) in [7, 11) is 0. The number of anilines is 3. The third-order valence-electron chi connectivity index (χ3n) is 9.64. The van der Waals surface area contributed by atoms with Gasteiger partial charge in [0.2, 0.25) is 0 Å². The maximum Gasteiger partial charge on any atom is 0.0540 e. The summed E-state index contributed by atoms with van der Waals surface area (Å²) in [5.74, 6) is 0. The number of rotatable bonds is 6. The molecule has 9 aromatic carbocycles. The van der Waals surface area contributed by atoms with Crippen LogP contribution in [0.25, 0.3) is 65.7 Å². The minimum absolute atomic E-state index is 1.11. The number of fused-ring (bicyclic) bond motifs is 4. The summed E-state index contributed by atoms with van der Waals surface area (Å²) < 4.78 is 0. The van der Waals surface area contributed by atoms with Gasteiger partial charge in [-0.25, -0.2) is 0 Å². The summed E-state index contributed by atoms with van der Waals surface area (Å²) >= 11 is 0. The van der Waals surface area contributed by atoms with E-state index >= 15 is 0 Å². The van der Waals surface area contributed by atoms with Crippen LogP contribution >= 0.6 is 0 Å². The molecule has 0 aliphatic rings. The second-order valence-electron chi connectivity index (χ2n) is 12.5. The average Bonchev–Trinajstić information content (AvgIpc) is 3.18. The van der Waals surface area contributed by atoms with E-state index in [2.05, 4.69) is 205 Å². The van der Waals surface area contributed by atoms with Gasteiger partial charge in [-0.3, -0.25) is 0 Å². The molecule has 0 amide bonds. The zero-order valence-electron chi connectivity index (χ0n) is 27.0. The van der Waals surface area contributed by atoms with Crippen molar-refractivity contribution in [2.45, 2.75) is 0 Å². The molecule has 0 N–H and O–H groups in total. The zero-order valence-corrected chi connectivity index (χ0v) is 27.0. The van der Waals surface area contributed by atoms with Crippen LogP contribution in [-0.4, -0.2) is 0 Å². The Bertz CT molecular complexity index is 2600. The van der Waals surface area contributed by atoms with Crippen molar-refractivity contribution in [3.05, 3.63) is 200 Å². The van der Waals surface area contributed by atoms with Gasteiger partial charge >= 0.3 is 0 Å². The molecule has 9 aromatic rings. The smallest absolute Gasteiger partial charge is 0.0540 e. The van der Waals surface area contributed by atoms with Gasteiger partial charge in [0.05, 0.1) is 5.69 Å². The van der Waals surface area contributed by atoms with Gasteiger partial charge < -0.3 is 4.90 Å². The highest BCUT2D eigenvalue weighted by Gasteiger charge is 2.20. The molecule has 0 radical (unpaired) electrons. The van der Waals surface area contributed by atoms with Crippen LogP contribution in [0.4, 0.5) is 17.1 Å². The van der Waals surface area contributed by atoms with Crippen molar-refractivity contribution in [2.75, 3.05) is 4.90 Å². The molecule has 0 aromatic heterocycles. The largest absolute Gasteiger partial charge is 0.310 e. The van der Waals surface area contributed by atoms with Gasteiger partial charge in [0.15, 0.2) is 0 Å². The SMILES string of the molecule is c1ccc(-c2cccc3cccc(-c4ccccc4N(c4ccccc4)c4cccc(-c5cccc6c5ccc5ccccc56)c4)c23)cc1. The van der Waals surface area contributed by atoms with Crippen molar-refractivity contribution in [1.82, 2.24) is 0 Å². The number of hydrogen-bond donors (Lipinski definition) is 0. The molecule has 1 nitrogen and oxygen atoms in total. The molecule has 0 fully saturated rings. The fourth-order valence-corrected chi connectivity index (χ4v) is 7.43. The van der Waals surface area contributed by atoms with E-state index in [0.29, 0.717) is 0 Å². The van der Waals surface area contributed by atoms with E-state index in [0.717, 1.165) is 17.1 Å². The van der Waals surface area contributed by atoms with Crippen molar-refractivity contribution >= 4 is 49.4 Å². The highest BCUT2D eigenvalue weighted by molar-refractivity contribution is 6.12. The fourth-order valence-electron chi connectivity index (χ4n) is 7.43. The van der Waals surface area contributed by atoms with E-state index in [4.69, 9.17) is 0 Å². The maximum atomic E-state index is 2.41. The predicted molar refractivity (Wildman–Crippen MR) is 210 cm³/mol. The third kappa shape index (κ3) is 5.13. The second-order valence-corrected chi connectivity index (χ2v) is 12.5. The molecular formula is C48H33N. The fraction of sp³-hybridized carbons (Fsp3) is 0. The standard InChI is InChI=1S/C48H33N/c1-3-15-34(16-4-1)42-27-12-18-36-19-13-29-46(48(36)42)45-25-9-10-30-47(45)49(38-21-5-2-6-22-38)39-23-11-20-37(33-39)41-26-14-28-43-40-24-8-7-17-35(40)31-32-44(41)43/h1-33H. The van der Waals surface area contributed by atoms with Crippen LogP contribution in [0, 0.1) is 0 Å². The van der Waals surface area contributed by atoms with Gasteiger partial charge in [-0.2, -0.15) is 0 Å². The first-order valence-corrected chi connectivity index (χ1v) is 16.9. The van der Waals surface area contributed by atoms with E-state index in [1.165, 1.54) is 65.7 Å². The van der Waals surface area contributed by atoms with E-state index in [-0.39, 0.29) is 0 Å². The first-order chi connectivity index (χ1) is 24.3. The van der Waals surface area contributed by atoms with Gasteiger partial charge in [-0.1, -0.05) is 170 Å². The molecule has 230 valence electrons. The molecule has 9 rings (SSSR count). The Labute approximate surface area is 287 Å². The van der Waals surface area contributed by atoms with Crippen LogP contribution in [0.15, 0.2) is 200 Å². The van der Waals surface area contributed by atoms with Gasteiger partial charge in [-0.15, -0.1) is 0 Å². The Hall–Kier alpha value is -6.44. The Morgan fingerprint density at radius 3 is 1.71 bits per heavy atom. The van der Waals surface area contributed by atoms with Crippen LogP contribution in [0.3, 0.4) is 0 Å². The Morgan fingerprint density at radius 2 is 0.857 bits per heavy atom. The summed E-state index contributed by atoms with van der Waals surface area (Å²) in [6.45, 7) is 0. The normalized spacial score (nSPS) is 11.3. The Kier molecular flexibility index (Phi) is 7.22. The van der Waals surface area contributed by atoms with Crippen molar-refractivity contribution in [3.8, 4) is 33.4 Å². The minimum Gasteiger partial charge on any atom is -0.310 e. The molecule has 0 saturated carbocycles. The molecule has 0 heterocycles. The van der Waals surface area contributed by atoms with Crippen LogP contribution in [0.1, 0.15) is 0 Å². The molecule has 49 heavy (non-hydrogen) atoms. The molecule has 0 atom stereocenters. The highest BCUT2D eigenvalue weighted by Crippen LogP contribution is 2.45. The molecule has 0 aliphatic heterocycles. The van der Waals surface area contributed by atoms with Crippen LogP contribution in [0.2, 0.25) is 0 Å². The van der Waals surface area contributed by atoms with Crippen LogP contribution < -0.4 is 4.90 Å². The van der Waals surface area contributed by atoms with Gasteiger partial charge in [0, 0.05) is 16.9 Å². The van der Waals surface area contributed by atoms with Gasteiger partial charge in [0.25, 0.3) is 0 Å². The summed E-state index contributed by atoms with van der Waals surface area (Å²) in [5, 5.41) is 7.56. The number of nitrogens with zero attached hydrogens (tertiary/aromatic N) is 1. The number of para-hydroxylation sites is 2. The third-order valence-corrected chi connectivity index (χ3v) is 9.64. The molecule has 0 saturated heterocycles. The summed E-state index contributed by atoms with van der Waals surface area (Å²) in [6, 6.07) is 72.4. The molecule has 1 heteroatoms. The van der Waals surface area contributed by atoms with E-state index in [9.17, 15) is 0 Å². The Balaban J connectivity index is 1.25. The summed E-state index contributed by atoms with van der Waals surface area (Å²) in [6.07, 6.45) is 0. The Morgan fingerprint density at radius 1 is 0.286 bits per heavy atom. The molecule has 0 spiro atoms. The van der Waals surface area contributed by atoms with Crippen molar-refractivity contribution < 1.29 is 0 Å². The van der Waals surface area contributed by atoms with Crippen LogP contribution in [-0.2, 0) is 0 Å². The maximum absolute atomic E-state index is 2.41. The lowest BCUT2D eigenvalue weighted by atomic mass is 9.90. The van der Waals surface area contributed by atoms with Crippen molar-refractivity contribution in [1.29, 1.82) is 0 Å². The second kappa shape index (κ2) is 12.3. The summed E-state index contributed by atoms with van der Waals surface area (Å²) in [4.78, 5) is 2.41. The van der Waals surface area contributed by atoms with Crippen molar-refractivity contribution in [2.24, 2.45) is 0 Å². The molecule has 0 unspecified atom stereocenters. The van der Waals surface area contributed by atoms with E-state index in [1.54, 1.807) is 0 Å². The topological polar surface area (TPSA) is 3.24 Å². The van der Waals surface area contributed by atoms with E-state index in [1.807, 2.05) is 0 Å². The number of hydrogen-bond acceptors (Lipinski definition) is 1. The lowest BCUT2D eigenvalue weighted by Crippen LogP contribution is -2.11. The first kappa shape index (κ1) is 28.8. The lowest BCUT2D eigenvalue weighted by molar-refractivity contribution is 1.28. The monoisotopic (exact) mass is 623 g/mol. The molecular weight excluding hydrogens is 591 g/mol. The van der Waals surface area contributed by atoms with E-state index < -0.39 is 0 Å². The lowest BCUT2D eigenvalue weighted by Gasteiger charge is -2.29. The van der Waals surface area contributed by atoms with Gasteiger partial charge in [0.1, 0.15) is 0 Å². The quantitative estimate of drug-likeness (QED) is 0.167. The van der Waals surface area contributed by atoms with Crippen molar-refractivity contribution in [3.63, 3.8) is 0 Å². The predicted octanol–water partition coefficient (Wildman–Crippen LogP) is 13.6. The average molecular weight is 624 g/mol. The summed E-state index contributed by atoms with van der Waals surface area (Å²) in [5.41, 5.74) is 10.6.